The minimum Gasteiger partial charge on any atom is -0.480 e. The lowest BCUT2D eigenvalue weighted by molar-refractivity contribution is -0.142. The maximum absolute atomic E-state index is 10.4. The number of hydrogen-bond acceptors (Lipinski definition) is 2. The van der Waals surface area contributed by atoms with E-state index in [0.29, 0.717) is 6.42 Å². The first kappa shape index (κ1) is 9.43. The van der Waals surface area contributed by atoms with Crippen LogP contribution in [0.25, 0.3) is 0 Å². The first-order valence-corrected chi connectivity index (χ1v) is 3.53. The third-order valence-electron chi connectivity index (χ3n) is 1.54. The molecular formula is C7H15NO2. The van der Waals surface area contributed by atoms with Crippen molar-refractivity contribution in [3.63, 3.8) is 0 Å². The number of carboxylic acids is 1. The molecular weight excluding hydrogens is 132 g/mol. The Morgan fingerprint density at radius 1 is 1.70 bits per heavy atom. The minimum absolute atomic E-state index is 0.554. The number of carbonyl (C=O) groups is 1. The van der Waals surface area contributed by atoms with Crippen molar-refractivity contribution in [3.05, 3.63) is 0 Å². The fraction of sp³-hybridized carbons (Fsp3) is 0.857. The van der Waals surface area contributed by atoms with E-state index in [1.54, 1.807) is 6.92 Å². The monoisotopic (exact) mass is 147 g/mol. The van der Waals surface area contributed by atoms with Gasteiger partial charge in [-0.25, -0.2) is 0 Å². The molecule has 0 aliphatic rings. The van der Waals surface area contributed by atoms with Crippen molar-refractivity contribution in [1.82, 2.24) is 0 Å². The molecule has 0 amide bonds. The number of carboxylic acid groups (broad SMARTS) is 1. The van der Waals surface area contributed by atoms with Gasteiger partial charge in [-0.1, -0.05) is 19.8 Å². The van der Waals surface area contributed by atoms with Gasteiger partial charge in [-0.3, -0.25) is 4.79 Å². The van der Waals surface area contributed by atoms with Gasteiger partial charge in [0.15, 0.2) is 0 Å². The lowest BCUT2D eigenvalue weighted by Crippen LogP contribution is -2.44. The Labute approximate surface area is 61.2 Å². The summed E-state index contributed by atoms with van der Waals surface area (Å²) in [6.45, 7) is 3.56. The molecule has 60 valence electrons. The van der Waals surface area contributed by atoms with Gasteiger partial charge in [0.1, 0.15) is 5.54 Å². The smallest absolute Gasteiger partial charge is 0.323 e. The summed E-state index contributed by atoms with van der Waals surface area (Å²) < 4.78 is 0. The molecule has 0 aliphatic heterocycles. The van der Waals surface area contributed by atoms with E-state index in [-0.39, 0.29) is 0 Å². The van der Waals surface area contributed by atoms with Crippen LogP contribution in [-0.2, 0) is 4.79 Å². The quantitative estimate of drug-likeness (QED) is 0.623. The van der Waals surface area contributed by atoms with Gasteiger partial charge in [0, 0.05) is 0 Å². The molecule has 0 fully saturated rings. The highest BCUT2D eigenvalue weighted by molar-refractivity contribution is 5.77. The van der Waals surface area contributed by atoms with Crippen LogP contribution in [0.3, 0.4) is 0 Å². The Bertz CT molecular complexity index is 121. The van der Waals surface area contributed by atoms with E-state index in [2.05, 4.69) is 0 Å². The van der Waals surface area contributed by atoms with Crippen molar-refractivity contribution in [1.29, 1.82) is 0 Å². The molecule has 10 heavy (non-hydrogen) atoms. The van der Waals surface area contributed by atoms with Gasteiger partial charge in [-0.05, 0) is 13.3 Å². The van der Waals surface area contributed by atoms with Crippen LogP contribution in [0.4, 0.5) is 0 Å². The zero-order valence-electron chi connectivity index (χ0n) is 6.55. The van der Waals surface area contributed by atoms with E-state index in [1.165, 1.54) is 0 Å². The van der Waals surface area contributed by atoms with E-state index < -0.39 is 11.5 Å². The average molecular weight is 147 g/mol. The maximum Gasteiger partial charge on any atom is 0.323 e. The Morgan fingerprint density at radius 2 is 2.20 bits per heavy atom. The van der Waals surface area contributed by atoms with Gasteiger partial charge in [0.05, 0.1) is 0 Å². The van der Waals surface area contributed by atoms with Crippen molar-refractivity contribution in [2.75, 3.05) is 0 Å². The molecule has 1 unspecified atom stereocenters. The summed E-state index contributed by atoms with van der Waals surface area (Å²) in [6.07, 6.45) is 2.41. The first-order valence-electron chi connectivity index (χ1n) is 3.53. The largest absolute Gasteiger partial charge is 0.480 e. The second kappa shape index (κ2) is 3.56. The number of hydrogen-bond donors (Lipinski definition) is 2. The number of nitrogens with two attached hydrogens (primary N) is 1. The van der Waals surface area contributed by atoms with Crippen LogP contribution < -0.4 is 5.73 Å². The van der Waals surface area contributed by atoms with Crippen LogP contribution in [0.5, 0.6) is 0 Å². The van der Waals surface area contributed by atoms with E-state index in [9.17, 15) is 4.79 Å². The Balaban J connectivity index is 3.75. The molecule has 0 heterocycles. The molecule has 0 radical (unpaired) electrons. The lowest BCUT2D eigenvalue weighted by Gasteiger charge is -2.17. The summed E-state index contributed by atoms with van der Waals surface area (Å²) in [5, 5.41) is 8.54. The van der Waals surface area contributed by atoms with Crippen LogP contribution >= 0.6 is 0 Å². The molecule has 1 atom stereocenters. The molecule has 3 nitrogen and oxygen atoms in total. The molecule has 0 aliphatic carbocycles. The molecule has 3 N–H and O–H groups in total. The normalized spacial score (nSPS) is 16.3. The van der Waals surface area contributed by atoms with Crippen LogP contribution in [0.1, 0.15) is 33.1 Å². The van der Waals surface area contributed by atoms with Crippen molar-refractivity contribution < 1.29 is 9.90 Å². The Hall–Kier alpha value is -0.570. The number of rotatable bonds is 4. The summed E-state index contributed by atoms with van der Waals surface area (Å²) in [5.74, 6) is -0.916. The van der Waals surface area contributed by atoms with Gasteiger partial charge >= 0.3 is 5.97 Å². The van der Waals surface area contributed by atoms with Crippen molar-refractivity contribution in [3.8, 4) is 0 Å². The Kier molecular flexibility index (Phi) is 3.36. The highest BCUT2D eigenvalue weighted by atomic mass is 16.6. The molecule has 0 rings (SSSR count). The maximum atomic E-state index is 10.4. The van der Waals surface area contributed by atoms with E-state index in [0.717, 1.165) is 12.8 Å². The van der Waals surface area contributed by atoms with Crippen molar-refractivity contribution in [2.45, 2.75) is 38.6 Å². The summed E-state index contributed by atoms with van der Waals surface area (Å²) in [5.41, 5.74) is 4.41. The predicted octanol–water partition coefficient (Wildman–Crippen LogP) is 0.979. The molecule has 0 bridgehead atoms. The van der Waals surface area contributed by atoms with Crippen molar-refractivity contribution >= 4 is 5.97 Å². The van der Waals surface area contributed by atoms with Crippen LogP contribution in [0.15, 0.2) is 0 Å². The molecule has 3 heteroatoms. The van der Waals surface area contributed by atoms with Gasteiger partial charge in [0.25, 0.3) is 0 Å². The van der Waals surface area contributed by atoms with Crippen LogP contribution in [0.2, 0.25) is 0 Å². The second-order valence-electron chi connectivity index (χ2n) is 2.83. The minimum atomic E-state index is -1.03. The van der Waals surface area contributed by atoms with E-state index >= 15 is 0 Å². The summed E-state index contributed by atoms with van der Waals surface area (Å²) in [6, 6.07) is 0. The van der Waals surface area contributed by atoms with Gasteiger partial charge in [0.2, 0.25) is 0 Å². The van der Waals surface area contributed by atoms with E-state index in [4.69, 9.17) is 10.8 Å². The number of unbranched alkanes of at least 4 members (excludes halogenated alkanes) is 1. The third kappa shape index (κ3) is 2.82. The topological polar surface area (TPSA) is 63.3 Å². The molecule has 0 saturated heterocycles. The second-order valence-corrected chi connectivity index (χ2v) is 2.83. The molecule has 0 aromatic carbocycles. The zero-order chi connectivity index (χ0) is 8.20. The van der Waals surface area contributed by atoms with E-state index in [1.807, 2.05) is 6.92 Å². The molecule has 0 aromatic heterocycles. The fourth-order valence-electron chi connectivity index (χ4n) is 0.651. The highest BCUT2D eigenvalue weighted by Crippen LogP contribution is 2.09. The lowest BCUT2D eigenvalue weighted by atomic mass is 10.1. The Morgan fingerprint density at radius 3 is 2.50 bits per heavy atom. The first-order chi connectivity index (χ1) is 4.50. The fourth-order valence-corrected chi connectivity index (χ4v) is 0.651. The van der Waals surface area contributed by atoms with Crippen LogP contribution in [-0.4, -0.2) is 16.6 Å². The predicted molar refractivity (Wildman–Crippen MR) is 39.8 cm³/mol. The SMILES string of the molecule is CCCCC(C)(N)[14C](=O)O. The summed E-state index contributed by atoms with van der Waals surface area (Å²) in [7, 11) is 0. The summed E-state index contributed by atoms with van der Waals surface area (Å²) in [4.78, 5) is 10.4. The number of aliphatic carboxylic acids is 1. The molecule has 0 aromatic rings. The standard InChI is InChI=1S/C7H15NO2/c1-3-4-5-7(2,8)6(9)10/h3-5,8H2,1-2H3,(H,9,10)/i6+2. The third-order valence-corrected chi connectivity index (χ3v) is 1.54. The highest BCUT2D eigenvalue weighted by Gasteiger charge is 2.26. The van der Waals surface area contributed by atoms with Crippen molar-refractivity contribution in [2.24, 2.45) is 5.73 Å². The van der Waals surface area contributed by atoms with Gasteiger partial charge in [-0.2, -0.15) is 0 Å². The van der Waals surface area contributed by atoms with Crippen LogP contribution in [0, 0.1) is 0 Å². The molecule has 0 spiro atoms. The average Bonchev–Trinajstić information content (AvgIpc) is 1.84. The molecule has 0 saturated carbocycles. The summed E-state index contributed by atoms with van der Waals surface area (Å²) >= 11 is 0. The van der Waals surface area contributed by atoms with Gasteiger partial charge in [-0.15, -0.1) is 0 Å². The van der Waals surface area contributed by atoms with Gasteiger partial charge < -0.3 is 10.8 Å². The zero-order valence-corrected chi connectivity index (χ0v) is 6.55.